The fraction of sp³-hybridized carbons (Fsp3) is 0.217. The Hall–Kier alpha value is -3.16. The molecule has 1 aliphatic heterocycles. The number of aromatic nitrogens is 2. The summed E-state index contributed by atoms with van der Waals surface area (Å²) in [5, 5.41) is 4.53. The molecule has 1 N–H and O–H groups in total. The maximum Gasteiger partial charge on any atom is 0.258 e. The van der Waals surface area contributed by atoms with Crippen molar-refractivity contribution in [1.29, 1.82) is 0 Å². The highest BCUT2D eigenvalue weighted by Gasteiger charge is 2.21. The molecule has 0 aliphatic carbocycles. The van der Waals surface area contributed by atoms with Crippen molar-refractivity contribution < 1.29 is 13.5 Å². The molecule has 1 aliphatic rings. The molecule has 160 valence electrons. The largest absolute Gasteiger partial charge is 0.487 e. The van der Waals surface area contributed by atoms with Crippen molar-refractivity contribution in [3.05, 3.63) is 88.0 Å². The first kappa shape index (κ1) is 21.1. The van der Waals surface area contributed by atoms with Gasteiger partial charge in [-0.2, -0.15) is 0 Å². The lowest BCUT2D eigenvalue weighted by atomic mass is 10.0. The van der Waals surface area contributed by atoms with Gasteiger partial charge in [0.25, 0.3) is 5.56 Å². The third-order valence-electron chi connectivity index (χ3n) is 5.32. The van der Waals surface area contributed by atoms with Gasteiger partial charge in [0.05, 0.1) is 17.6 Å². The highest BCUT2D eigenvalue weighted by molar-refractivity contribution is 5.85. The quantitative estimate of drug-likeness (QED) is 0.515. The summed E-state index contributed by atoms with van der Waals surface area (Å²) in [6, 6.07) is 12.2. The van der Waals surface area contributed by atoms with Crippen molar-refractivity contribution in [1.82, 2.24) is 14.9 Å². The minimum Gasteiger partial charge on any atom is -0.487 e. The van der Waals surface area contributed by atoms with Crippen LogP contribution in [0.5, 0.6) is 5.75 Å². The number of pyridine rings is 2. The number of fused-ring (bicyclic) bond motifs is 3. The van der Waals surface area contributed by atoms with Gasteiger partial charge in [-0.1, -0.05) is 0 Å². The van der Waals surface area contributed by atoms with E-state index in [2.05, 4.69) is 17.2 Å². The molecule has 4 aromatic rings. The van der Waals surface area contributed by atoms with E-state index in [-0.39, 0.29) is 24.6 Å². The molecule has 8 heteroatoms. The number of furan rings is 1. The van der Waals surface area contributed by atoms with Crippen LogP contribution in [0.25, 0.3) is 16.7 Å². The second-order valence-electron chi connectivity index (χ2n) is 7.50. The molecule has 0 unspecified atom stereocenters. The number of ether oxygens (including phenoxy) is 1. The van der Waals surface area contributed by atoms with Crippen LogP contribution in [0, 0.1) is 5.82 Å². The first-order valence-electron chi connectivity index (χ1n) is 9.81. The fourth-order valence-corrected chi connectivity index (χ4v) is 3.74. The zero-order valence-corrected chi connectivity index (χ0v) is 17.6. The van der Waals surface area contributed by atoms with Crippen LogP contribution in [0.1, 0.15) is 23.9 Å². The Morgan fingerprint density at radius 2 is 2.13 bits per heavy atom. The number of hydrogen-bond acceptors (Lipinski definition) is 5. The highest BCUT2D eigenvalue weighted by Crippen LogP contribution is 2.30. The summed E-state index contributed by atoms with van der Waals surface area (Å²) in [6.07, 6.45) is 3.66. The summed E-state index contributed by atoms with van der Waals surface area (Å²) in [6.45, 7) is 3.08. The van der Waals surface area contributed by atoms with E-state index in [0.29, 0.717) is 17.5 Å². The topological polar surface area (TPSA) is 69.3 Å². The van der Waals surface area contributed by atoms with Gasteiger partial charge in [-0.15, -0.1) is 12.4 Å². The molecule has 31 heavy (non-hydrogen) atoms. The zero-order valence-electron chi connectivity index (χ0n) is 16.8. The van der Waals surface area contributed by atoms with Gasteiger partial charge in [0.2, 0.25) is 0 Å². The Labute approximate surface area is 184 Å². The second-order valence-corrected chi connectivity index (χ2v) is 7.50. The molecule has 0 bridgehead atoms. The summed E-state index contributed by atoms with van der Waals surface area (Å²) in [5.41, 5.74) is 3.07. The predicted octanol–water partition coefficient (Wildman–Crippen LogP) is 4.15. The van der Waals surface area contributed by atoms with Gasteiger partial charge in [0.15, 0.2) is 0 Å². The Morgan fingerprint density at radius 1 is 1.26 bits per heavy atom. The molecule has 1 atom stereocenters. The smallest absolute Gasteiger partial charge is 0.258 e. The lowest BCUT2D eigenvalue weighted by Gasteiger charge is -2.18. The molecule has 5 rings (SSSR count). The monoisotopic (exact) mass is 441 g/mol. The Bertz CT molecular complexity index is 1280. The average Bonchev–Trinajstić information content (AvgIpc) is 3.10. The SMILES string of the molecule is C[C@@H]1Cc2oc3cc(-n4ccc(OCc5ccc(F)cn5)cc4=O)ccc3c2CN1.Cl. The van der Waals surface area contributed by atoms with Crippen LogP contribution >= 0.6 is 12.4 Å². The molecule has 0 radical (unpaired) electrons. The lowest BCUT2D eigenvalue weighted by molar-refractivity contribution is 0.300. The lowest BCUT2D eigenvalue weighted by Crippen LogP contribution is -2.32. The minimum atomic E-state index is -0.401. The first-order chi connectivity index (χ1) is 14.6. The standard InChI is InChI=1S/C23H20FN3O3.ClH/c1-14-8-21-20(12-25-14)19-5-4-17(9-22(19)30-21)27-7-6-18(10-23(27)28)29-13-16-3-2-15(24)11-26-16;/h2-7,9-11,14,25H,8,12-13H2,1H3;1H/t14-;/m1./s1. The van der Waals surface area contributed by atoms with Crippen molar-refractivity contribution in [2.24, 2.45) is 0 Å². The molecule has 0 amide bonds. The van der Waals surface area contributed by atoms with Crippen LogP contribution in [0.15, 0.2) is 64.1 Å². The number of nitrogens with zero attached hydrogens (tertiary/aromatic N) is 2. The summed E-state index contributed by atoms with van der Waals surface area (Å²) < 4.78 is 26.2. The van der Waals surface area contributed by atoms with Gasteiger partial charge in [-0.3, -0.25) is 14.3 Å². The van der Waals surface area contributed by atoms with Crippen molar-refractivity contribution in [2.45, 2.75) is 32.5 Å². The third kappa shape index (κ3) is 4.19. The number of nitrogens with one attached hydrogen (secondary N) is 1. The molecule has 6 nitrogen and oxygen atoms in total. The molecule has 0 fully saturated rings. The summed E-state index contributed by atoms with van der Waals surface area (Å²) >= 11 is 0. The van der Waals surface area contributed by atoms with E-state index in [1.54, 1.807) is 22.9 Å². The molecule has 0 saturated carbocycles. The summed E-state index contributed by atoms with van der Waals surface area (Å²) in [4.78, 5) is 16.6. The van der Waals surface area contributed by atoms with Crippen molar-refractivity contribution in [2.75, 3.05) is 0 Å². The van der Waals surface area contributed by atoms with E-state index in [4.69, 9.17) is 9.15 Å². The van der Waals surface area contributed by atoms with Gasteiger partial charge in [-0.05, 0) is 37.3 Å². The van der Waals surface area contributed by atoms with Gasteiger partial charge < -0.3 is 14.5 Å². The molecule has 4 heterocycles. The third-order valence-corrected chi connectivity index (χ3v) is 5.32. The van der Waals surface area contributed by atoms with Crippen LogP contribution < -0.4 is 15.6 Å². The van der Waals surface area contributed by atoms with E-state index in [0.717, 1.165) is 41.6 Å². The minimum absolute atomic E-state index is 0. The van der Waals surface area contributed by atoms with Crippen LogP contribution in [0.4, 0.5) is 4.39 Å². The maximum atomic E-state index is 12.9. The highest BCUT2D eigenvalue weighted by atomic mass is 35.5. The normalized spacial score (nSPS) is 15.4. The Kier molecular flexibility index (Phi) is 5.80. The van der Waals surface area contributed by atoms with Crippen LogP contribution in [0.2, 0.25) is 0 Å². The van der Waals surface area contributed by atoms with Crippen LogP contribution in [0.3, 0.4) is 0 Å². The van der Waals surface area contributed by atoms with E-state index in [1.165, 1.54) is 17.7 Å². The van der Waals surface area contributed by atoms with Crippen LogP contribution in [-0.2, 0) is 19.6 Å². The molecule has 0 saturated heterocycles. The van der Waals surface area contributed by atoms with Crippen molar-refractivity contribution in [3.63, 3.8) is 0 Å². The predicted molar refractivity (Wildman–Crippen MR) is 118 cm³/mol. The van der Waals surface area contributed by atoms with E-state index < -0.39 is 5.82 Å². The summed E-state index contributed by atoms with van der Waals surface area (Å²) in [7, 11) is 0. The fourth-order valence-electron chi connectivity index (χ4n) is 3.74. The second kappa shape index (κ2) is 8.53. The molecule has 1 aromatic carbocycles. The van der Waals surface area contributed by atoms with Gasteiger partial charge in [0, 0.05) is 48.3 Å². The van der Waals surface area contributed by atoms with E-state index >= 15 is 0 Å². The van der Waals surface area contributed by atoms with Crippen LogP contribution in [-0.4, -0.2) is 15.6 Å². The Balaban J connectivity index is 0.00000231. The Morgan fingerprint density at radius 3 is 2.90 bits per heavy atom. The summed E-state index contributed by atoms with van der Waals surface area (Å²) in [5.74, 6) is 1.04. The number of rotatable bonds is 4. The number of benzene rings is 1. The first-order valence-corrected chi connectivity index (χ1v) is 9.81. The average molecular weight is 442 g/mol. The van der Waals surface area contributed by atoms with Gasteiger partial charge in [0.1, 0.15) is 29.5 Å². The number of halogens is 2. The van der Waals surface area contributed by atoms with Crippen molar-refractivity contribution >= 4 is 23.4 Å². The van der Waals surface area contributed by atoms with Crippen molar-refractivity contribution in [3.8, 4) is 11.4 Å². The number of hydrogen-bond donors (Lipinski definition) is 1. The molecular weight excluding hydrogens is 421 g/mol. The molecule has 3 aromatic heterocycles. The van der Waals surface area contributed by atoms with Gasteiger partial charge in [-0.25, -0.2) is 4.39 Å². The molecule has 0 spiro atoms. The van der Waals surface area contributed by atoms with E-state index in [9.17, 15) is 9.18 Å². The zero-order chi connectivity index (χ0) is 20.7. The molecular formula is C23H21ClFN3O3. The van der Waals surface area contributed by atoms with Gasteiger partial charge >= 0.3 is 0 Å². The maximum absolute atomic E-state index is 12.9. The van der Waals surface area contributed by atoms with E-state index in [1.807, 2.05) is 18.2 Å².